The molecule has 2 fully saturated rings. The fraction of sp³-hybridized carbons (Fsp3) is 0.385. The third-order valence-electron chi connectivity index (χ3n) is 7.75. The Labute approximate surface area is 197 Å². The minimum absolute atomic E-state index is 0.0391. The Morgan fingerprint density at radius 3 is 2.64 bits per heavy atom. The van der Waals surface area contributed by atoms with Crippen molar-refractivity contribution >= 4 is 29.3 Å². The molecule has 4 aliphatic rings. The lowest BCUT2D eigenvalue weighted by Crippen LogP contribution is -2.66. The molecule has 170 valence electrons. The number of carbonyl (C=O) groups excluding carboxylic acids is 2. The van der Waals surface area contributed by atoms with Crippen LogP contribution in [0.1, 0.15) is 36.5 Å². The van der Waals surface area contributed by atoms with E-state index in [2.05, 4.69) is 49.2 Å². The number of esters is 1. The van der Waals surface area contributed by atoms with Gasteiger partial charge in [0.2, 0.25) is 5.91 Å². The van der Waals surface area contributed by atoms with Crippen LogP contribution in [0.2, 0.25) is 0 Å². The molecule has 0 aliphatic carbocycles. The molecule has 0 aromatic heterocycles. The van der Waals surface area contributed by atoms with E-state index in [0.29, 0.717) is 12.8 Å². The molecule has 1 amide bonds. The number of rotatable bonds is 5. The van der Waals surface area contributed by atoms with Gasteiger partial charge in [0.15, 0.2) is 10.7 Å². The number of thioether (sulfide) groups is 1. The molecule has 0 radical (unpaired) electrons. The van der Waals surface area contributed by atoms with Crippen LogP contribution in [-0.4, -0.2) is 42.2 Å². The maximum atomic E-state index is 13.6. The van der Waals surface area contributed by atoms with Crippen molar-refractivity contribution in [3.05, 3.63) is 77.4 Å². The second-order valence-electron chi connectivity index (χ2n) is 9.06. The van der Waals surface area contributed by atoms with Gasteiger partial charge in [-0.15, -0.1) is 11.8 Å². The van der Waals surface area contributed by atoms with Gasteiger partial charge in [0, 0.05) is 28.8 Å². The van der Waals surface area contributed by atoms with Crippen LogP contribution >= 0.6 is 11.8 Å². The van der Waals surface area contributed by atoms with Gasteiger partial charge in [-0.05, 0) is 23.8 Å². The summed E-state index contributed by atoms with van der Waals surface area (Å²) in [7, 11) is 1.33. The number of anilines is 1. The summed E-state index contributed by atoms with van der Waals surface area (Å²) < 4.78 is 12.1. The van der Waals surface area contributed by atoms with Gasteiger partial charge in [-0.1, -0.05) is 56.0 Å². The van der Waals surface area contributed by atoms with Crippen LogP contribution in [0.3, 0.4) is 0 Å². The lowest BCUT2D eigenvalue weighted by atomic mass is 9.58. The number of hydrogen-bond acceptors (Lipinski definition) is 6. The van der Waals surface area contributed by atoms with Crippen LogP contribution in [0, 0.1) is 0 Å². The van der Waals surface area contributed by atoms with Crippen molar-refractivity contribution in [3.63, 3.8) is 0 Å². The van der Waals surface area contributed by atoms with E-state index < -0.39 is 22.0 Å². The molecule has 0 saturated carbocycles. The fourth-order valence-corrected chi connectivity index (χ4v) is 8.06. The molecule has 4 heterocycles. The number of fused-ring (bicyclic) bond motifs is 5. The first kappa shape index (κ1) is 20.8. The smallest absolute Gasteiger partial charge is 0.334 e. The van der Waals surface area contributed by atoms with Gasteiger partial charge in [0.25, 0.3) is 0 Å². The lowest BCUT2D eigenvalue weighted by molar-refractivity contribution is -0.198. The summed E-state index contributed by atoms with van der Waals surface area (Å²) in [5, 5.41) is 3.80. The first-order valence-corrected chi connectivity index (χ1v) is 12.3. The highest BCUT2D eigenvalue weighted by Crippen LogP contribution is 2.76. The van der Waals surface area contributed by atoms with Crippen LogP contribution in [0.4, 0.5) is 5.69 Å². The van der Waals surface area contributed by atoms with E-state index >= 15 is 0 Å². The number of piperidine rings is 1. The molecule has 2 bridgehead atoms. The zero-order valence-corrected chi connectivity index (χ0v) is 19.5. The van der Waals surface area contributed by atoms with Crippen LogP contribution in [0.5, 0.6) is 0 Å². The number of nitrogens with zero attached hydrogens (tertiary/aromatic N) is 1. The number of ether oxygens (including phenoxy) is 2. The van der Waals surface area contributed by atoms with E-state index in [1.54, 1.807) is 16.7 Å². The normalized spacial score (nSPS) is 32.5. The summed E-state index contributed by atoms with van der Waals surface area (Å²) in [4.78, 5) is 27.0. The van der Waals surface area contributed by atoms with Gasteiger partial charge < -0.3 is 19.7 Å². The van der Waals surface area contributed by atoms with Crippen molar-refractivity contribution in [1.29, 1.82) is 0 Å². The zero-order chi connectivity index (χ0) is 23.0. The van der Waals surface area contributed by atoms with Crippen LogP contribution in [0.25, 0.3) is 0 Å². The number of methoxy groups -OCH3 is 1. The third kappa shape index (κ3) is 2.25. The number of likely N-dealkylation sites (tertiary alicyclic amines) is 1. The second kappa shape index (κ2) is 6.87. The highest BCUT2D eigenvalue weighted by Gasteiger charge is 2.83. The molecule has 2 spiro atoms. The molecule has 6 rings (SSSR count). The second-order valence-corrected chi connectivity index (χ2v) is 10.5. The van der Waals surface area contributed by atoms with Crippen molar-refractivity contribution in [2.45, 2.75) is 41.9 Å². The van der Waals surface area contributed by atoms with Crippen LogP contribution < -0.4 is 5.32 Å². The topological polar surface area (TPSA) is 67.9 Å². The van der Waals surface area contributed by atoms with E-state index in [1.165, 1.54) is 12.7 Å². The van der Waals surface area contributed by atoms with Crippen molar-refractivity contribution in [3.8, 4) is 0 Å². The number of carbonyl (C=O) groups is 2. The number of nitrogens with one attached hydrogen (secondary N) is 1. The molecule has 1 N–H and O–H groups in total. The zero-order valence-electron chi connectivity index (χ0n) is 18.7. The van der Waals surface area contributed by atoms with E-state index in [0.717, 1.165) is 22.6 Å². The molecule has 2 saturated heterocycles. The van der Waals surface area contributed by atoms with Crippen molar-refractivity contribution in [1.82, 2.24) is 4.90 Å². The first-order chi connectivity index (χ1) is 16.0. The monoisotopic (exact) mass is 462 g/mol. The molecule has 33 heavy (non-hydrogen) atoms. The predicted molar refractivity (Wildman–Crippen MR) is 127 cm³/mol. The average molecular weight is 463 g/mol. The molecule has 7 heteroatoms. The quantitative estimate of drug-likeness (QED) is 0.538. The standard InChI is InChI=1S/C26H26N2O4S/c1-4-33-25-17-9-5-6-10-18(17)26(32-25)24(19-11-7-8-12-20(19)27-23(24)25)14-13-21(29)28(26)15-16(2)22(30)31-3/h5-12,23,27H,2,4,13-15H2,1,3H3/t23?,24?,25-,26-/m0/s1. The molecular formula is C26H26N2O4S. The van der Waals surface area contributed by atoms with Gasteiger partial charge in [-0.2, -0.15) is 0 Å². The molecule has 2 aromatic carbocycles. The molecule has 4 aliphatic heterocycles. The van der Waals surface area contributed by atoms with Gasteiger partial charge in [0.05, 0.1) is 25.1 Å². The van der Waals surface area contributed by atoms with Gasteiger partial charge in [-0.3, -0.25) is 4.79 Å². The Kier molecular flexibility index (Phi) is 4.33. The molecule has 2 unspecified atom stereocenters. The Balaban J connectivity index is 1.65. The van der Waals surface area contributed by atoms with Crippen LogP contribution in [0.15, 0.2) is 60.7 Å². The Morgan fingerprint density at radius 2 is 1.91 bits per heavy atom. The van der Waals surface area contributed by atoms with E-state index in [4.69, 9.17) is 9.47 Å². The molecular weight excluding hydrogens is 436 g/mol. The minimum Gasteiger partial charge on any atom is -0.466 e. The summed E-state index contributed by atoms with van der Waals surface area (Å²) in [6.07, 6.45) is 1.04. The van der Waals surface area contributed by atoms with Crippen molar-refractivity contribution in [2.75, 3.05) is 24.7 Å². The maximum Gasteiger partial charge on any atom is 0.334 e. The summed E-state index contributed by atoms with van der Waals surface area (Å²) in [6.45, 7) is 6.13. The summed E-state index contributed by atoms with van der Waals surface area (Å²) >= 11 is 1.77. The largest absolute Gasteiger partial charge is 0.466 e. The Hall–Kier alpha value is -2.77. The first-order valence-electron chi connectivity index (χ1n) is 11.3. The summed E-state index contributed by atoms with van der Waals surface area (Å²) in [6, 6.07) is 16.5. The number of para-hydroxylation sites is 1. The number of benzene rings is 2. The highest BCUT2D eigenvalue weighted by atomic mass is 32.2. The summed E-state index contributed by atoms with van der Waals surface area (Å²) in [5.74, 6) is 0.305. The van der Waals surface area contributed by atoms with E-state index in [9.17, 15) is 9.59 Å². The van der Waals surface area contributed by atoms with Crippen molar-refractivity contribution < 1.29 is 19.1 Å². The molecule has 2 aromatic rings. The molecule has 6 nitrogen and oxygen atoms in total. The SMILES string of the molecule is C=C(CN1C(=O)CCC23c4ccccc4NC2[C@]2(SCC)O[C@]13c1ccccc12)C(=O)OC. The van der Waals surface area contributed by atoms with Gasteiger partial charge >= 0.3 is 5.97 Å². The maximum absolute atomic E-state index is 13.6. The number of amides is 1. The molecule has 4 atom stereocenters. The minimum atomic E-state index is -1.04. The summed E-state index contributed by atoms with van der Waals surface area (Å²) in [5.41, 5.74) is 3.08. The van der Waals surface area contributed by atoms with E-state index in [1.807, 2.05) is 18.2 Å². The Morgan fingerprint density at radius 1 is 1.21 bits per heavy atom. The lowest BCUT2D eigenvalue weighted by Gasteiger charge is -2.54. The van der Waals surface area contributed by atoms with Gasteiger partial charge in [0.1, 0.15) is 0 Å². The fourth-order valence-electron chi connectivity index (χ4n) is 6.70. The average Bonchev–Trinajstić information content (AvgIpc) is 3.41. The number of hydrogen-bond donors (Lipinski definition) is 1. The van der Waals surface area contributed by atoms with Gasteiger partial charge in [-0.25, -0.2) is 4.79 Å². The van der Waals surface area contributed by atoms with Crippen molar-refractivity contribution in [2.24, 2.45) is 0 Å². The van der Waals surface area contributed by atoms with E-state index in [-0.39, 0.29) is 24.1 Å². The highest BCUT2D eigenvalue weighted by molar-refractivity contribution is 8.00. The van der Waals surface area contributed by atoms with Crippen LogP contribution in [-0.2, 0) is 35.1 Å². The predicted octanol–water partition coefficient (Wildman–Crippen LogP) is 3.87. The Bertz CT molecular complexity index is 1210. The third-order valence-corrected chi connectivity index (χ3v) is 9.00.